The second-order valence-electron chi connectivity index (χ2n) is 6.49. The molecule has 0 amide bonds. The molecular weight excluding hydrogens is 362 g/mol. The van der Waals surface area contributed by atoms with Crippen LogP contribution in [0.5, 0.6) is 5.75 Å². The Labute approximate surface area is 154 Å². The van der Waals surface area contributed by atoms with Crippen LogP contribution in [-0.4, -0.2) is 46.1 Å². The van der Waals surface area contributed by atoms with Gasteiger partial charge in [-0.3, -0.25) is 0 Å². The molecular formula is C18H26F2N2O3S. The molecule has 0 aliphatic heterocycles. The van der Waals surface area contributed by atoms with E-state index in [4.69, 9.17) is 0 Å². The fourth-order valence-electron chi connectivity index (χ4n) is 2.81. The normalized spacial score (nSPS) is 15.7. The molecule has 0 saturated carbocycles. The Bertz CT molecular complexity index is 751. The number of ether oxygens (including phenoxy) is 1. The van der Waals surface area contributed by atoms with Gasteiger partial charge in [-0.05, 0) is 62.6 Å². The lowest BCUT2D eigenvalue weighted by Crippen LogP contribution is -2.37. The molecule has 1 aliphatic rings. The number of halogens is 2. The minimum atomic E-state index is -3.55. The number of nitrogens with one attached hydrogen (secondary N) is 1. The van der Waals surface area contributed by atoms with Crippen molar-refractivity contribution < 1.29 is 21.9 Å². The van der Waals surface area contributed by atoms with Gasteiger partial charge in [0, 0.05) is 19.1 Å². The first-order chi connectivity index (χ1) is 12.2. The van der Waals surface area contributed by atoms with Crippen LogP contribution in [0, 0.1) is 0 Å². The molecule has 1 aromatic carbocycles. The smallest absolute Gasteiger partial charge is 0.387 e. The van der Waals surface area contributed by atoms with Crippen LogP contribution in [-0.2, 0) is 16.4 Å². The highest BCUT2D eigenvalue weighted by Gasteiger charge is 2.22. The van der Waals surface area contributed by atoms with Crippen LogP contribution in [0.25, 0.3) is 6.08 Å². The molecule has 1 atom stereocenters. The predicted octanol–water partition coefficient (Wildman–Crippen LogP) is 3.22. The van der Waals surface area contributed by atoms with Crippen LogP contribution in [0.1, 0.15) is 37.8 Å². The number of hydrogen-bond donors (Lipinski definition) is 1. The SMILES string of the molecule is CCC(C)N(C)CCNS(=O)(=O)C1=Cc2ccc(OC(F)F)cc2CC1. The molecule has 1 unspecified atom stereocenters. The molecule has 1 aromatic rings. The maximum atomic E-state index is 12.5. The molecule has 0 radical (unpaired) electrons. The summed E-state index contributed by atoms with van der Waals surface area (Å²) in [6.07, 6.45) is 3.41. The van der Waals surface area contributed by atoms with Crippen LogP contribution >= 0.6 is 0 Å². The number of fused-ring (bicyclic) bond motifs is 1. The summed E-state index contributed by atoms with van der Waals surface area (Å²) in [7, 11) is -1.58. The molecule has 8 heteroatoms. The zero-order valence-corrected chi connectivity index (χ0v) is 16.2. The van der Waals surface area contributed by atoms with Gasteiger partial charge in [0.2, 0.25) is 10.0 Å². The highest BCUT2D eigenvalue weighted by molar-refractivity contribution is 7.93. The molecule has 146 valence electrons. The first kappa shape index (κ1) is 20.8. The molecule has 0 bridgehead atoms. The Kier molecular flexibility index (Phi) is 7.14. The Balaban J connectivity index is 2.03. The third-order valence-electron chi connectivity index (χ3n) is 4.74. The number of aryl methyl sites for hydroxylation is 1. The summed E-state index contributed by atoms with van der Waals surface area (Å²) in [5, 5.41) is 0. The van der Waals surface area contributed by atoms with Gasteiger partial charge in [0.25, 0.3) is 0 Å². The van der Waals surface area contributed by atoms with Crippen molar-refractivity contribution in [3.8, 4) is 5.75 Å². The first-order valence-corrected chi connectivity index (χ1v) is 10.2. The number of hydrogen-bond acceptors (Lipinski definition) is 4. The van der Waals surface area contributed by atoms with Gasteiger partial charge in [-0.2, -0.15) is 8.78 Å². The Morgan fingerprint density at radius 1 is 1.31 bits per heavy atom. The number of allylic oxidation sites excluding steroid dienone is 1. The quantitative estimate of drug-likeness (QED) is 0.706. The molecule has 0 fully saturated rings. The number of nitrogens with zero attached hydrogens (tertiary/aromatic N) is 1. The molecule has 1 aliphatic carbocycles. The molecule has 1 N–H and O–H groups in total. The van der Waals surface area contributed by atoms with Gasteiger partial charge in [0.1, 0.15) is 5.75 Å². The molecule has 0 heterocycles. The highest BCUT2D eigenvalue weighted by Crippen LogP contribution is 2.29. The molecule has 26 heavy (non-hydrogen) atoms. The zero-order chi connectivity index (χ0) is 19.3. The van der Waals surface area contributed by atoms with E-state index in [1.54, 1.807) is 12.1 Å². The van der Waals surface area contributed by atoms with E-state index in [-0.39, 0.29) is 5.75 Å². The van der Waals surface area contributed by atoms with Crippen molar-refractivity contribution in [2.24, 2.45) is 0 Å². The van der Waals surface area contributed by atoms with Gasteiger partial charge in [-0.25, -0.2) is 13.1 Å². The van der Waals surface area contributed by atoms with Crippen LogP contribution in [0.2, 0.25) is 0 Å². The van der Waals surface area contributed by atoms with Crippen molar-refractivity contribution >= 4 is 16.1 Å². The molecule has 0 saturated heterocycles. The zero-order valence-electron chi connectivity index (χ0n) is 15.3. The fraction of sp³-hybridized carbons (Fsp3) is 0.556. The lowest BCUT2D eigenvalue weighted by Gasteiger charge is -2.24. The fourth-order valence-corrected chi connectivity index (χ4v) is 4.01. The summed E-state index contributed by atoms with van der Waals surface area (Å²) in [6.45, 7) is 2.29. The van der Waals surface area contributed by atoms with Gasteiger partial charge in [0.15, 0.2) is 0 Å². The molecule has 2 rings (SSSR count). The average Bonchev–Trinajstić information content (AvgIpc) is 2.59. The third kappa shape index (κ3) is 5.49. The van der Waals surface area contributed by atoms with E-state index in [9.17, 15) is 17.2 Å². The van der Waals surface area contributed by atoms with Crippen molar-refractivity contribution in [2.75, 3.05) is 20.1 Å². The van der Waals surface area contributed by atoms with Crippen LogP contribution in [0.3, 0.4) is 0 Å². The van der Waals surface area contributed by atoms with E-state index in [0.29, 0.717) is 36.9 Å². The van der Waals surface area contributed by atoms with Crippen molar-refractivity contribution in [2.45, 2.75) is 45.8 Å². The van der Waals surface area contributed by atoms with Gasteiger partial charge >= 0.3 is 6.61 Å². The maximum Gasteiger partial charge on any atom is 0.387 e. The third-order valence-corrected chi connectivity index (χ3v) is 6.34. The van der Waals surface area contributed by atoms with E-state index >= 15 is 0 Å². The van der Waals surface area contributed by atoms with Crippen LogP contribution < -0.4 is 9.46 Å². The van der Waals surface area contributed by atoms with Crippen molar-refractivity contribution in [1.29, 1.82) is 0 Å². The van der Waals surface area contributed by atoms with Gasteiger partial charge in [0.05, 0.1) is 4.91 Å². The van der Waals surface area contributed by atoms with Gasteiger partial charge in [-0.1, -0.05) is 13.0 Å². The van der Waals surface area contributed by atoms with Crippen LogP contribution in [0.15, 0.2) is 23.1 Å². The van der Waals surface area contributed by atoms with E-state index in [1.807, 2.05) is 7.05 Å². The van der Waals surface area contributed by atoms with E-state index in [0.717, 1.165) is 17.5 Å². The van der Waals surface area contributed by atoms with E-state index < -0.39 is 16.6 Å². The van der Waals surface area contributed by atoms with Crippen molar-refractivity contribution in [3.63, 3.8) is 0 Å². The van der Waals surface area contributed by atoms with Gasteiger partial charge < -0.3 is 9.64 Å². The van der Waals surface area contributed by atoms with E-state index in [2.05, 4.69) is 28.2 Å². The maximum absolute atomic E-state index is 12.5. The minimum Gasteiger partial charge on any atom is -0.435 e. The average molecular weight is 388 g/mol. The second-order valence-corrected chi connectivity index (χ2v) is 8.31. The number of rotatable bonds is 9. The highest BCUT2D eigenvalue weighted by atomic mass is 32.2. The standard InChI is InChI=1S/C18H26F2N2O3S/c1-4-13(2)22(3)10-9-21-26(23,24)17-8-6-14-11-16(25-18(19)20)7-5-15(14)12-17/h5,7,11-13,18,21H,4,6,8-10H2,1-3H3. The summed E-state index contributed by atoms with van der Waals surface area (Å²) >= 11 is 0. The van der Waals surface area contributed by atoms with Crippen molar-refractivity contribution in [1.82, 2.24) is 9.62 Å². The summed E-state index contributed by atoms with van der Waals surface area (Å²) in [5.74, 6) is 0.0877. The van der Waals surface area contributed by atoms with Crippen LogP contribution in [0.4, 0.5) is 8.78 Å². The topological polar surface area (TPSA) is 58.6 Å². The van der Waals surface area contributed by atoms with Crippen molar-refractivity contribution in [3.05, 3.63) is 34.2 Å². The summed E-state index contributed by atoms with van der Waals surface area (Å²) in [4.78, 5) is 2.43. The molecule has 0 aromatic heterocycles. The Morgan fingerprint density at radius 3 is 2.69 bits per heavy atom. The Hall–Kier alpha value is -1.51. The largest absolute Gasteiger partial charge is 0.435 e. The minimum absolute atomic E-state index is 0.0877. The van der Waals surface area contributed by atoms with E-state index in [1.165, 1.54) is 12.1 Å². The summed E-state index contributed by atoms with van der Waals surface area (Å²) < 4.78 is 56.6. The second kappa shape index (κ2) is 8.92. The van der Waals surface area contributed by atoms with Gasteiger partial charge in [-0.15, -0.1) is 0 Å². The molecule has 5 nitrogen and oxygen atoms in total. The predicted molar refractivity (Wildman–Crippen MR) is 98.7 cm³/mol. The lowest BCUT2D eigenvalue weighted by atomic mass is 9.97. The lowest BCUT2D eigenvalue weighted by molar-refractivity contribution is -0.0498. The number of alkyl halides is 2. The number of likely N-dealkylation sites (N-methyl/N-ethyl adjacent to an activating group) is 1. The summed E-state index contributed by atoms with van der Waals surface area (Å²) in [5.41, 5.74) is 1.52. The molecule has 0 spiro atoms. The number of benzene rings is 1. The number of sulfonamides is 1. The Morgan fingerprint density at radius 2 is 2.04 bits per heavy atom. The summed E-state index contributed by atoms with van der Waals surface area (Å²) in [6, 6.07) is 4.96. The monoisotopic (exact) mass is 388 g/mol. The first-order valence-electron chi connectivity index (χ1n) is 8.71.